The molecular formula is C21H19NO3. The largest absolute Gasteiger partial charge is 0.462 e. The first-order valence-electron chi connectivity index (χ1n) is 8.21. The van der Waals surface area contributed by atoms with Crippen LogP contribution in [0.4, 0.5) is 0 Å². The molecule has 1 aromatic heterocycles. The van der Waals surface area contributed by atoms with Gasteiger partial charge in [-0.3, -0.25) is 4.79 Å². The molecule has 0 spiro atoms. The van der Waals surface area contributed by atoms with Crippen molar-refractivity contribution in [3.63, 3.8) is 0 Å². The maximum Gasteiger partial charge on any atom is 0.343 e. The maximum atomic E-state index is 12.3. The molecular weight excluding hydrogens is 314 g/mol. The average molecular weight is 333 g/mol. The maximum absolute atomic E-state index is 12.3. The molecule has 25 heavy (non-hydrogen) atoms. The average Bonchev–Trinajstić information content (AvgIpc) is 2.63. The zero-order valence-corrected chi connectivity index (χ0v) is 14.0. The van der Waals surface area contributed by atoms with Crippen molar-refractivity contribution in [1.29, 1.82) is 0 Å². The molecule has 0 fully saturated rings. The highest BCUT2D eigenvalue weighted by Crippen LogP contribution is 2.23. The van der Waals surface area contributed by atoms with Crippen LogP contribution in [-0.2, 0) is 11.2 Å². The molecule has 2 aromatic carbocycles. The number of esters is 1. The Bertz CT molecular complexity index is 929. The predicted octanol–water partition coefficient (Wildman–Crippen LogP) is 3.81. The van der Waals surface area contributed by atoms with Gasteiger partial charge in [-0.1, -0.05) is 54.6 Å². The van der Waals surface area contributed by atoms with Crippen LogP contribution in [0.25, 0.3) is 11.3 Å². The van der Waals surface area contributed by atoms with Gasteiger partial charge < -0.3 is 9.72 Å². The highest BCUT2D eigenvalue weighted by atomic mass is 16.5. The number of hydrogen-bond acceptors (Lipinski definition) is 3. The van der Waals surface area contributed by atoms with Crippen LogP contribution in [0.15, 0.2) is 71.7 Å². The first-order chi connectivity index (χ1) is 12.2. The molecule has 3 aromatic rings. The summed E-state index contributed by atoms with van der Waals surface area (Å²) in [7, 11) is 0. The van der Waals surface area contributed by atoms with Crippen LogP contribution in [0.3, 0.4) is 0 Å². The molecule has 1 N–H and O–H groups in total. The highest BCUT2D eigenvalue weighted by molar-refractivity contribution is 5.89. The van der Waals surface area contributed by atoms with Gasteiger partial charge in [0.25, 0.3) is 0 Å². The normalized spacial score (nSPS) is 10.4. The lowest BCUT2D eigenvalue weighted by atomic mass is 9.97. The molecule has 4 nitrogen and oxygen atoms in total. The van der Waals surface area contributed by atoms with Gasteiger partial charge in [-0.2, -0.15) is 0 Å². The minimum atomic E-state index is -0.604. The van der Waals surface area contributed by atoms with Gasteiger partial charge in [0, 0.05) is 23.5 Å². The summed E-state index contributed by atoms with van der Waals surface area (Å²) in [6.07, 6.45) is 2.19. The van der Waals surface area contributed by atoms with Gasteiger partial charge in [0.1, 0.15) is 5.56 Å². The number of carbonyl (C=O) groups excluding carboxylic acids is 1. The fourth-order valence-electron chi connectivity index (χ4n) is 2.75. The molecule has 0 aliphatic heterocycles. The van der Waals surface area contributed by atoms with E-state index in [9.17, 15) is 9.59 Å². The van der Waals surface area contributed by atoms with E-state index < -0.39 is 5.97 Å². The van der Waals surface area contributed by atoms with Crippen molar-refractivity contribution in [1.82, 2.24) is 4.98 Å². The zero-order valence-electron chi connectivity index (χ0n) is 14.0. The number of H-pyrrole nitrogens is 1. The van der Waals surface area contributed by atoms with Crippen LogP contribution in [-0.4, -0.2) is 17.6 Å². The fourth-order valence-corrected chi connectivity index (χ4v) is 2.75. The highest BCUT2D eigenvalue weighted by Gasteiger charge is 2.13. The third kappa shape index (κ3) is 3.86. The molecule has 0 radical (unpaired) electrons. The number of rotatable bonds is 5. The van der Waals surface area contributed by atoms with Gasteiger partial charge in [0.15, 0.2) is 5.43 Å². The molecule has 0 bridgehead atoms. The first-order valence-corrected chi connectivity index (χ1v) is 8.21. The Balaban J connectivity index is 1.96. The summed E-state index contributed by atoms with van der Waals surface area (Å²) < 4.78 is 4.90. The summed E-state index contributed by atoms with van der Waals surface area (Å²) in [6, 6.07) is 19.5. The Hall–Kier alpha value is -3.14. The van der Waals surface area contributed by atoms with Crippen molar-refractivity contribution in [3.8, 4) is 11.3 Å². The van der Waals surface area contributed by atoms with Gasteiger partial charge in [0.2, 0.25) is 0 Å². The number of aromatic amines is 1. The third-order valence-corrected chi connectivity index (χ3v) is 3.95. The van der Waals surface area contributed by atoms with Crippen molar-refractivity contribution < 1.29 is 9.53 Å². The van der Waals surface area contributed by atoms with Crippen molar-refractivity contribution in [3.05, 3.63) is 93.8 Å². The molecule has 0 unspecified atom stereocenters. The fraction of sp³-hybridized carbons (Fsp3) is 0.143. The number of nitrogens with one attached hydrogen (secondary N) is 1. The first kappa shape index (κ1) is 16.7. The summed E-state index contributed by atoms with van der Waals surface area (Å²) in [4.78, 5) is 27.1. The number of pyridine rings is 1. The van der Waals surface area contributed by atoms with Crippen molar-refractivity contribution in [2.24, 2.45) is 0 Å². The summed E-state index contributed by atoms with van der Waals surface area (Å²) in [5, 5.41) is 0. The van der Waals surface area contributed by atoms with E-state index >= 15 is 0 Å². The lowest BCUT2D eigenvalue weighted by Gasteiger charge is -2.10. The Morgan fingerprint density at radius 1 is 1.04 bits per heavy atom. The molecule has 0 amide bonds. The van der Waals surface area contributed by atoms with Gasteiger partial charge in [-0.15, -0.1) is 0 Å². The molecule has 3 rings (SSSR count). The summed E-state index contributed by atoms with van der Waals surface area (Å²) in [5.74, 6) is -0.604. The Kier molecular flexibility index (Phi) is 5.09. The topological polar surface area (TPSA) is 59.2 Å². The van der Waals surface area contributed by atoms with Gasteiger partial charge in [-0.25, -0.2) is 4.79 Å². The van der Waals surface area contributed by atoms with Gasteiger partial charge >= 0.3 is 5.97 Å². The smallest absolute Gasteiger partial charge is 0.343 e. The minimum Gasteiger partial charge on any atom is -0.462 e. The number of carbonyl (C=O) groups is 1. The van der Waals surface area contributed by atoms with Crippen molar-refractivity contribution in [2.45, 2.75) is 13.3 Å². The Labute approximate surface area is 146 Å². The molecule has 4 heteroatoms. The molecule has 126 valence electrons. The SMILES string of the molecule is CCOC(=O)c1c[nH]c(-c2ccccc2Cc2ccccc2)cc1=O. The van der Waals surface area contributed by atoms with Crippen LogP contribution < -0.4 is 5.43 Å². The Morgan fingerprint density at radius 3 is 2.48 bits per heavy atom. The summed E-state index contributed by atoms with van der Waals surface area (Å²) in [6.45, 7) is 1.94. The van der Waals surface area contributed by atoms with E-state index in [1.165, 1.54) is 17.8 Å². The zero-order chi connectivity index (χ0) is 17.6. The van der Waals surface area contributed by atoms with E-state index in [0.29, 0.717) is 5.69 Å². The molecule has 0 saturated heterocycles. The van der Waals surface area contributed by atoms with Crippen molar-refractivity contribution >= 4 is 5.97 Å². The van der Waals surface area contributed by atoms with E-state index in [4.69, 9.17) is 4.74 Å². The third-order valence-electron chi connectivity index (χ3n) is 3.95. The van der Waals surface area contributed by atoms with Gasteiger partial charge in [0.05, 0.1) is 6.61 Å². The number of hydrogen-bond donors (Lipinski definition) is 1. The van der Waals surface area contributed by atoms with E-state index in [2.05, 4.69) is 17.1 Å². The van der Waals surface area contributed by atoms with Gasteiger partial charge in [-0.05, 0) is 24.5 Å². The second-order valence-corrected chi connectivity index (χ2v) is 5.66. The van der Waals surface area contributed by atoms with Crippen LogP contribution in [0.2, 0.25) is 0 Å². The quantitative estimate of drug-likeness (QED) is 0.722. The molecule has 0 aliphatic carbocycles. The lowest BCUT2D eigenvalue weighted by molar-refractivity contribution is 0.0524. The number of benzene rings is 2. The monoisotopic (exact) mass is 333 g/mol. The predicted molar refractivity (Wildman–Crippen MR) is 97.7 cm³/mol. The summed E-state index contributed by atoms with van der Waals surface area (Å²) in [5.41, 5.74) is 3.60. The molecule has 0 aliphatic rings. The molecule has 0 saturated carbocycles. The molecule has 1 heterocycles. The number of ether oxygens (including phenoxy) is 1. The van der Waals surface area contributed by atoms with Crippen LogP contribution in [0.1, 0.15) is 28.4 Å². The lowest BCUT2D eigenvalue weighted by Crippen LogP contribution is -2.17. The second kappa shape index (κ2) is 7.62. The minimum absolute atomic E-state index is 0.0196. The van der Waals surface area contributed by atoms with E-state index in [0.717, 1.165) is 17.5 Å². The molecule has 0 atom stereocenters. The van der Waals surface area contributed by atoms with Crippen LogP contribution >= 0.6 is 0 Å². The van der Waals surface area contributed by atoms with Crippen LogP contribution in [0, 0.1) is 0 Å². The van der Waals surface area contributed by atoms with Crippen LogP contribution in [0.5, 0.6) is 0 Å². The second-order valence-electron chi connectivity index (χ2n) is 5.66. The Morgan fingerprint density at radius 2 is 1.76 bits per heavy atom. The van der Waals surface area contributed by atoms with E-state index in [1.807, 2.05) is 42.5 Å². The van der Waals surface area contributed by atoms with E-state index in [-0.39, 0.29) is 17.6 Å². The standard InChI is InChI=1S/C21H19NO3/c1-2-25-21(24)18-14-22-19(13-20(18)23)17-11-7-6-10-16(17)12-15-8-4-3-5-9-15/h3-11,13-14H,2,12H2,1H3,(H,22,23). The number of aromatic nitrogens is 1. The summed E-state index contributed by atoms with van der Waals surface area (Å²) >= 11 is 0. The van der Waals surface area contributed by atoms with Crippen molar-refractivity contribution in [2.75, 3.05) is 6.61 Å². The van der Waals surface area contributed by atoms with E-state index in [1.54, 1.807) is 6.92 Å².